The lowest BCUT2D eigenvalue weighted by Gasteiger charge is -2.13. The number of nitrogens with one attached hydrogen (secondary N) is 1. The Morgan fingerprint density at radius 3 is 2.53 bits per heavy atom. The first kappa shape index (κ1) is 22.9. The van der Waals surface area contributed by atoms with Gasteiger partial charge in [0.15, 0.2) is 11.5 Å². The molecular formula is C25H20ClFN2O3. The fraction of sp³-hybridized carbons (Fsp3) is 0.120. The van der Waals surface area contributed by atoms with Gasteiger partial charge in [0.05, 0.1) is 6.61 Å². The highest BCUT2D eigenvalue weighted by Crippen LogP contribution is 2.30. The summed E-state index contributed by atoms with van der Waals surface area (Å²) in [7, 11) is 0. The van der Waals surface area contributed by atoms with Crippen molar-refractivity contribution < 1.29 is 18.7 Å². The Labute approximate surface area is 190 Å². The maximum Gasteiger partial charge on any atom is 0.266 e. The van der Waals surface area contributed by atoms with Crippen molar-refractivity contribution in [3.8, 4) is 17.6 Å². The number of carbonyl (C=O) groups is 1. The monoisotopic (exact) mass is 450 g/mol. The molecule has 0 aromatic heterocycles. The fourth-order valence-electron chi connectivity index (χ4n) is 2.82. The number of rotatable bonds is 8. The summed E-state index contributed by atoms with van der Waals surface area (Å²) in [4.78, 5) is 12.5. The number of nitriles is 1. The van der Waals surface area contributed by atoms with Crippen LogP contribution in [0.2, 0.25) is 5.02 Å². The zero-order valence-electron chi connectivity index (χ0n) is 17.3. The highest BCUT2D eigenvalue weighted by Gasteiger charge is 2.12. The molecule has 0 aliphatic heterocycles. The Bertz CT molecular complexity index is 1170. The predicted molar refractivity (Wildman–Crippen MR) is 122 cm³/mol. The minimum absolute atomic E-state index is 0.0366. The highest BCUT2D eigenvalue weighted by molar-refractivity contribution is 6.30. The van der Waals surface area contributed by atoms with Gasteiger partial charge in [-0.15, -0.1) is 0 Å². The summed E-state index contributed by atoms with van der Waals surface area (Å²) >= 11 is 5.85. The SMILES string of the molecule is CCOc1cc(/C=C(/C#N)C(=O)Nc2ccc(Cl)cc2)ccc1OCc1ccccc1F. The quantitative estimate of drug-likeness (QED) is 0.337. The van der Waals surface area contributed by atoms with E-state index < -0.39 is 5.91 Å². The summed E-state index contributed by atoms with van der Waals surface area (Å²) in [6.07, 6.45) is 1.45. The lowest BCUT2D eigenvalue weighted by atomic mass is 10.1. The standard InChI is InChI=1S/C25H20ClFN2O3/c1-2-31-24-14-17(7-12-23(24)32-16-18-5-3-4-6-22(18)27)13-19(15-28)25(30)29-21-10-8-20(26)9-11-21/h3-14H,2,16H2,1H3,(H,29,30)/b19-13-. The molecule has 0 unspecified atom stereocenters. The highest BCUT2D eigenvalue weighted by atomic mass is 35.5. The average Bonchev–Trinajstić information content (AvgIpc) is 2.79. The smallest absolute Gasteiger partial charge is 0.266 e. The molecule has 0 aliphatic rings. The van der Waals surface area contributed by atoms with E-state index in [0.29, 0.717) is 39.9 Å². The minimum Gasteiger partial charge on any atom is -0.490 e. The summed E-state index contributed by atoms with van der Waals surface area (Å²) in [5, 5.41) is 12.6. The van der Waals surface area contributed by atoms with Crippen LogP contribution in [0.5, 0.6) is 11.5 Å². The Kier molecular flexibility index (Phi) is 7.85. The third-order valence-electron chi connectivity index (χ3n) is 4.39. The maximum atomic E-state index is 13.8. The van der Waals surface area contributed by atoms with Crippen molar-refractivity contribution in [1.29, 1.82) is 5.26 Å². The number of carbonyl (C=O) groups excluding carboxylic acids is 1. The van der Waals surface area contributed by atoms with Gasteiger partial charge in [0.25, 0.3) is 5.91 Å². The second-order valence-electron chi connectivity index (χ2n) is 6.65. The third-order valence-corrected chi connectivity index (χ3v) is 4.64. The van der Waals surface area contributed by atoms with E-state index in [4.69, 9.17) is 21.1 Å². The summed E-state index contributed by atoms with van der Waals surface area (Å²) in [6, 6.07) is 19.8. The van der Waals surface area contributed by atoms with Crippen molar-refractivity contribution in [1.82, 2.24) is 0 Å². The summed E-state index contributed by atoms with van der Waals surface area (Å²) in [5.41, 5.74) is 1.44. The molecule has 0 bridgehead atoms. The summed E-state index contributed by atoms with van der Waals surface area (Å²) < 4.78 is 25.2. The maximum absolute atomic E-state index is 13.8. The predicted octanol–water partition coefficient (Wildman–Crippen LogP) is 6.00. The Balaban J connectivity index is 1.78. The molecule has 0 spiro atoms. The first-order valence-corrected chi connectivity index (χ1v) is 10.2. The van der Waals surface area contributed by atoms with Gasteiger partial charge in [-0.25, -0.2) is 4.39 Å². The number of hydrogen-bond acceptors (Lipinski definition) is 4. The van der Waals surface area contributed by atoms with Crippen molar-refractivity contribution in [3.05, 3.63) is 94.3 Å². The van der Waals surface area contributed by atoms with Gasteiger partial charge in [-0.1, -0.05) is 35.9 Å². The van der Waals surface area contributed by atoms with E-state index in [9.17, 15) is 14.4 Å². The van der Waals surface area contributed by atoms with Gasteiger partial charge in [-0.2, -0.15) is 5.26 Å². The van der Waals surface area contributed by atoms with Gasteiger partial charge in [-0.3, -0.25) is 4.79 Å². The lowest BCUT2D eigenvalue weighted by molar-refractivity contribution is -0.112. The molecule has 3 aromatic rings. The Morgan fingerprint density at radius 1 is 1.09 bits per heavy atom. The van der Waals surface area contributed by atoms with E-state index >= 15 is 0 Å². The van der Waals surface area contributed by atoms with E-state index in [0.717, 1.165) is 0 Å². The number of amides is 1. The van der Waals surface area contributed by atoms with Crippen molar-refractivity contribution in [2.24, 2.45) is 0 Å². The number of nitrogens with zero attached hydrogens (tertiary/aromatic N) is 1. The summed E-state index contributed by atoms with van der Waals surface area (Å²) in [5.74, 6) is -0.0487. The van der Waals surface area contributed by atoms with E-state index in [1.807, 2.05) is 13.0 Å². The van der Waals surface area contributed by atoms with Crippen molar-refractivity contribution >= 4 is 29.3 Å². The molecule has 32 heavy (non-hydrogen) atoms. The fourth-order valence-corrected chi connectivity index (χ4v) is 2.95. The Morgan fingerprint density at radius 2 is 1.84 bits per heavy atom. The van der Waals surface area contributed by atoms with Crippen LogP contribution in [0.25, 0.3) is 6.08 Å². The van der Waals surface area contributed by atoms with Crippen LogP contribution < -0.4 is 14.8 Å². The van der Waals surface area contributed by atoms with Gasteiger partial charge in [0.2, 0.25) is 0 Å². The van der Waals surface area contributed by atoms with E-state index in [2.05, 4.69) is 5.32 Å². The zero-order chi connectivity index (χ0) is 22.9. The molecule has 0 saturated heterocycles. The van der Waals surface area contributed by atoms with Gasteiger partial charge in [0.1, 0.15) is 24.1 Å². The molecule has 3 rings (SSSR count). The van der Waals surface area contributed by atoms with Gasteiger partial charge >= 0.3 is 0 Å². The molecule has 0 aliphatic carbocycles. The molecule has 0 heterocycles. The van der Waals surface area contributed by atoms with Crippen LogP contribution >= 0.6 is 11.6 Å². The number of halogens is 2. The van der Waals surface area contributed by atoms with Crippen LogP contribution in [0, 0.1) is 17.1 Å². The zero-order valence-corrected chi connectivity index (χ0v) is 18.0. The molecule has 1 N–H and O–H groups in total. The normalized spacial score (nSPS) is 10.9. The summed E-state index contributed by atoms with van der Waals surface area (Å²) in [6.45, 7) is 2.24. The molecular weight excluding hydrogens is 431 g/mol. The molecule has 0 atom stereocenters. The third kappa shape index (κ3) is 6.10. The molecule has 5 nitrogen and oxygen atoms in total. The van der Waals surface area contributed by atoms with Crippen LogP contribution in [0.4, 0.5) is 10.1 Å². The van der Waals surface area contributed by atoms with Crippen molar-refractivity contribution in [2.75, 3.05) is 11.9 Å². The average molecular weight is 451 g/mol. The molecule has 1 amide bonds. The van der Waals surface area contributed by atoms with Crippen LogP contribution in [-0.2, 0) is 11.4 Å². The lowest BCUT2D eigenvalue weighted by Crippen LogP contribution is -2.13. The minimum atomic E-state index is -0.548. The second-order valence-corrected chi connectivity index (χ2v) is 7.09. The van der Waals surface area contributed by atoms with E-state index in [-0.39, 0.29) is 18.0 Å². The number of hydrogen-bond donors (Lipinski definition) is 1. The van der Waals surface area contributed by atoms with Crippen molar-refractivity contribution in [3.63, 3.8) is 0 Å². The first-order chi connectivity index (χ1) is 15.5. The van der Waals surface area contributed by atoms with Gasteiger partial charge < -0.3 is 14.8 Å². The van der Waals surface area contributed by atoms with E-state index in [1.165, 1.54) is 12.1 Å². The van der Waals surface area contributed by atoms with Gasteiger partial charge in [0, 0.05) is 16.3 Å². The molecule has 0 radical (unpaired) electrons. The number of benzene rings is 3. The van der Waals surface area contributed by atoms with Crippen LogP contribution in [0.1, 0.15) is 18.1 Å². The number of ether oxygens (including phenoxy) is 2. The molecule has 0 saturated carbocycles. The van der Waals surface area contributed by atoms with E-state index in [1.54, 1.807) is 60.7 Å². The molecule has 7 heteroatoms. The van der Waals surface area contributed by atoms with Gasteiger partial charge in [-0.05, 0) is 61.0 Å². The second kappa shape index (κ2) is 11.0. The van der Waals surface area contributed by atoms with Crippen LogP contribution in [0.15, 0.2) is 72.3 Å². The Hall–Kier alpha value is -3.82. The van der Waals surface area contributed by atoms with Crippen LogP contribution in [0.3, 0.4) is 0 Å². The molecule has 3 aromatic carbocycles. The largest absolute Gasteiger partial charge is 0.490 e. The molecule has 0 fully saturated rings. The van der Waals surface area contributed by atoms with Crippen molar-refractivity contribution in [2.45, 2.75) is 13.5 Å². The number of anilines is 1. The first-order valence-electron chi connectivity index (χ1n) is 9.82. The topological polar surface area (TPSA) is 71.3 Å². The van der Waals surface area contributed by atoms with Crippen LogP contribution in [-0.4, -0.2) is 12.5 Å². The molecule has 162 valence electrons.